The fourth-order valence-corrected chi connectivity index (χ4v) is 2.64. The summed E-state index contributed by atoms with van der Waals surface area (Å²) in [5.41, 5.74) is -0.478. The molecule has 2 nitrogen and oxygen atoms in total. The van der Waals surface area contributed by atoms with E-state index in [1.165, 1.54) is 18.9 Å². The van der Waals surface area contributed by atoms with E-state index in [1.54, 1.807) is 6.07 Å². The smallest absolute Gasteiger partial charge is 0.383 e. The van der Waals surface area contributed by atoms with E-state index in [9.17, 15) is 13.2 Å². The molecule has 1 N–H and O–H groups in total. The summed E-state index contributed by atoms with van der Waals surface area (Å²) in [5.74, 6) is 0. The normalized spacial score (nSPS) is 15.7. The molecule has 6 heteroatoms. The number of nitrogens with one attached hydrogen (secondary N) is 1. The Balaban J connectivity index is 1.98. The highest BCUT2D eigenvalue weighted by molar-refractivity contribution is 9.10. The van der Waals surface area contributed by atoms with Crippen molar-refractivity contribution in [2.75, 3.05) is 25.0 Å². The van der Waals surface area contributed by atoms with Crippen molar-refractivity contribution in [3.63, 3.8) is 0 Å². The van der Waals surface area contributed by atoms with Gasteiger partial charge in [-0.2, -0.15) is 13.2 Å². The van der Waals surface area contributed by atoms with Crippen molar-refractivity contribution in [3.05, 3.63) is 28.2 Å². The lowest BCUT2D eigenvalue weighted by molar-refractivity contribution is -0.137. The molecule has 1 fully saturated rings. The summed E-state index contributed by atoms with van der Waals surface area (Å²) in [6.45, 7) is 4.32. The van der Waals surface area contributed by atoms with Gasteiger partial charge in [-0.05, 0) is 37.6 Å². The van der Waals surface area contributed by atoms with E-state index in [0.29, 0.717) is 17.1 Å². The van der Waals surface area contributed by atoms with Gasteiger partial charge >= 0.3 is 6.18 Å². The SMILES string of the molecule is CCN(CCNc1ccc(Br)cc1C(F)(F)F)C1CC1. The third kappa shape index (κ3) is 4.12. The summed E-state index contributed by atoms with van der Waals surface area (Å²) in [4.78, 5) is 2.30. The van der Waals surface area contributed by atoms with Crippen LogP contribution >= 0.6 is 15.9 Å². The lowest BCUT2D eigenvalue weighted by atomic mass is 10.1. The molecule has 112 valence electrons. The molecule has 0 heterocycles. The van der Waals surface area contributed by atoms with Gasteiger partial charge in [-0.3, -0.25) is 4.90 Å². The first-order valence-electron chi connectivity index (χ1n) is 6.76. The molecule has 1 aliphatic rings. The fraction of sp³-hybridized carbons (Fsp3) is 0.571. The molecule has 0 aromatic heterocycles. The Kier molecular flexibility index (Phi) is 4.96. The molecule has 0 aliphatic heterocycles. The third-order valence-corrected chi connectivity index (χ3v) is 3.96. The zero-order valence-corrected chi connectivity index (χ0v) is 12.9. The summed E-state index contributed by atoms with van der Waals surface area (Å²) in [6.07, 6.45) is -1.92. The van der Waals surface area contributed by atoms with Crippen molar-refractivity contribution >= 4 is 21.6 Å². The van der Waals surface area contributed by atoms with Crippen LogP contribution in [0.1, 0.15) is 25.3 Å². The maximum absolute atomic E-state index is 12.9. The number of anilines is 1. The highest BCUT2D eigenvalue weighted by Gasteiger charge is 2.33. The van der Waals surface area contributed by atoms with Crippen LogP contribution in [0.25, 0.3) is 0 Å². The van der Waals surface area contributed by atoms with Gasteiger partial charge in [-0.15, -0.1) is 0 Å². The molecule has 0 atom stereocenters. The summed E-state index contributed by atoms with van der Waals surface area (Å²) in [6, 6.07) is 4.84. The van der Waals surface area contributed by atoms with Crippen molar-refractivity contribution in [2.24, 2.45) is 0 Å². The molecular formula is C14H18BrF3N2. The summed E-state index contributed by atoms with van der Waals surface area (Å²) in [7, 11) is 0. The van der Waals surface area contributed by atoms with Crippen LogP contribution in [0.15, 0.2) is 22.7 Å². The van der Waals surface area contributed by atoms with Crippen molar-refractivity contribution in [3.8, 4) is 0 Å². The molecule has 1 aliphatic carbocycles. The second kappa shape index (κ2) is 6.35. The standard InChI is InChI=1S/C14H18BrF3N2/c1-2-20(11-4-5-11)8-7-19-13-6-3-10(15)9-12(13)14(16,17)18/h3,6,9,11,19H,2,4-5,7-8H2,1H3. The molecule has 1 aromatic rings. The monoisotopic (exact) mass is 350 g/mol. The van der Waals surface area contributed by atoms with Crippen LogP contribution in [0.4, 0.5) is 18.9 Å². The third-order valence-electron chi connectivity index (χ3n) is 3.47. The molecule has 0 unspecified atom stereocenters. The molecule has 0 spiro atoms. The minimum absolute atomic E-state index is 0.146. The Morgan fingerprint density at radius 1 is 1.35 bits per heavy atom. The van der Waals surface area contributed by atoms with Crippen LogP contribution in [-0.2, 0) is 6.18 Å². The van der Waals surface area contributed by atoms with Gasteiger partial charge in [-0.25, -0.2) is 0 Å². The predicted molar refractivity (Wildman–Crippen MR) is 77.9 cm³/mol. The highest BCUT2D eigenvalue weighted by Crippen LogP contribution is 2.36. The number of likely N-dealkylation sites (N-methyl/N-ethyl adjacent to an activating group) is 1. The summed E-state index contributed by atoms with van der Waals surface area (Å²) >= 11 is 3.08. The van der Waals surface area contributed by atoms with E-state index < -0.39 is 11.7 Å². The Labute approximate surface area is 125 Å². The first kappa shape index (κ1) is 15.6. The zero-order chi connectivity index (χ0) is 14.8. The predicted octanol–water partition coefficient (Wildman–Crippen LogP) is 4.36. The Bertz CT molecular complexity index is 458. The Hall–Kier alpha value is -0.750. The average Bonchev–Trinajstić information content (AvgIpc) is 3.19. The number of rotatable bonds is 6. The summed E-state index contributed by atoms with van der Waals surface area (Å²) < 4.78 is 39.3. The van der Waals surface area contributed by atoms with Crippen molar-refractivity contribution < 1.29 is 13.2 Å². The number of nitrogens with zero attached hydrogens (tertiary/aromatic N) is 1. The number of alkyl halides is 3. The minimum atomic E-state index is -4.34. The molecule has 0 bridgehead atoms. The fourth-order valence-electron chi connectivity index (χ4n) is 2.28. The maximum Gasteiger partial charge on any atom is 0.418 e. The van der Waals surface area contributed by atoms with Gasteiger partial charge in [0.05, 0.1) is 5.56 Å². The largest absolute Gasteiger partial charge is 0.418 e. The van der Waals surface area contributed by atoms with Crippen molar-refractivity contribution in [1.82, 2.24) is 4.90 Å². The minimum Gasteiger partial charge on any atom is -0.383 e. The maximum atomic E-state index is 12.9. The van der Waals surface area contributed by atoms with E-state index in [2.05, 4.69) is 33.1 Å². The van der Waals surface area contributed by atoms with Gasteiger partial charge in [0, 0.05) is 29.3 Å². The van der Waals surface area contributed by atoms with Gasteiger partial charge in [0.15, 0.2) is 0 Å². The lowest BCUT2D eigenvalue weighted by Crippen LogP contribution is -2.31. The van der Waals surface area contributed by atoms with E-state index in [-0.39, 0.29) is 5.69 Å². The van der Waals surface area contributed by atoms with Gasteiger partial charge in [0.2, 0.25) is 0 Å². The van der Waals surface area contributed by atoms with Crippen LogP contribution in [0.5, 0.6) is 0 Å². The molecule has 2 rings (SSSR count). The highest BCUT2D eigenvalue weighted by atomic mass is 79.9. The molecule has 1 aromatic carbocycles. The quantitative estimate of drug-likeness (QED) is 0.819. The first-order valence-corrected chi connectivity index (χ1v) is 7.55. The van der Waals surface area contributed by atoms with Crippen LogP contribution in [-0.4, -0.2) is 30.6 Å². The lowest BCUT2D eigenvalue weighted by Gasteiger charge is -2.21. The van der Waals surface area contributed by atoms with Gasteiger partial charge in [0.1, 0.15) is 0 Å². The topological polar surface area (TPSA) is 15.3 Å². The summed E-state index contributed by atoms with van der Waals surface area (Å²) in [5, 5.41) is 2.91. The van der Waals surface area contributed by atoms with E-state index in [0.717, 1.165) is 19.2 Å². The van der Waals surface area contributed by atoms with Gasteiger partial charge in [-0.1, -0.05) is 22.9 Å². The Morgan fingerprint density at radius 2 is 2.05 bits per heavy atom. The molecular weight excluding hydrogens is 333 g/mol. The Morgan fingerprint density at radius 3 is 2.60 bits per heavy atom. The van der Waals surface area contributed by atoms with E-state index in [4.69, 9.17) is 0 Å². The number of hydrogen-bond acceptors (Lipinski definition) is 2. The van der Waals surface area contributed by atoms with E-state index >= 15 is 0 Å². The molecule has 20 heavy (non-hydrogen) atoms. The molecule has 1 saturated carbocycles. The molecule has 0 amide bonds. The number of hydrogen-bond donors (Lipinski definition) is 1. The van der Waals surface area contributed by atoms with Crippen LogP contribution in [0.3, 0.4) is 0 Å². The van der Waals surface area contributed by atoms with E-state index in [1.807, 2.05) is 0 Å². The van der Waals surface area contributed by atoms with Crippen LogP contribution < -0.4 is 5.32 Å². The number of benzene rings is 1. The van der Waals surface area contributed by atoms with Crippen LogP contribution in [0, 0.1) is 0 Å². The number of halogens is 4. The van der Waals surface area contributed by atoms with Gasteiger partial charge in [0.25, 0.3) is 0 Å². The van der Waals surface area contributed by atoms with Gasteiger partial charge < -0.3 is 5.32 Å². The first-order chi connectivity index (χ1) is 9.41. The second-order valence-corrected chi connectivity index (χ2v) is 5.89. The average molecular weight is 351 g/mol. The second-order valence-electron chi connectivity index (χ2n) is 4.97. The zero-order valence-electron chi connectivity index (χ0n) is 11.3. The molecule has 0 saturated heterocycles. The molecule has 0 radical (unpaired) electrons. The van der Waals surface area contributed by atoms with Crippen molar-refractivity contribution in [2.45, 2.75) is 32.0 Å². The van der Waals surface area contributed by atoms with Crippen LogP contribution in [0.2, 0.25) is 0 Å². The van der Waals surface area contributed by atoms with Crippen molar-refractivity contribution in [1.29, 1.82) is 0 Å².